The predicted molar refractivity (Wildman–Crippen MR) is 54.6 cm³/mol. The maximum absolute atomic E-state index is 11.2. The second kappa shape index (κ2) is 4.49. The van der Waals surface area contributed by atoms with Gasteiger partial charge in [-0.05, 0) is 12.2 Å². The monoisotopic (exact) mass is 217 g/mol. The van der Waals surface area contributed by atoms with Gasteiger partial charge in [0, 0.05) is 29.1 Å². The summed E-state index contributed by atoms with van der Waals surface area (Å²) in [6.45, 7) is 0. The van der Waals surface area contributed by atoms with Crippen molar-refractivity contribution in [3.63, 3.8) is 0 Å². The molecule has 1 N–H and O–H groups in total. The zero-order chi connectivity index (χ0) is 9.84. The first kappa shape index (κ1) is 10.4. The van der Waals surface area contributed by atoms with Crippen LogP contribution in [0.1, 0.15) is 6.42 Å². The van der Waals surface area contributed by atoms with Crippen molar-refractivity contribution in [3.8, 4) is 0 Å². The van der Waals surface area contributed by atoms with Gasteiger partial charge in [-0.2, -0.15) is 0 Å². The number of rotatable bonds is 1. The van der Waals surface area contributed by atoms with E-state index in [0.29, 0.717) is 22.1 Å². The van der Waals surface area contributed by atoms with Gasteiger partial charge in [-0.3, -0.25) is 4.79 Å². The van der Waals surface area contributed by atoms with Gasteiger partial charge in [0.05, 0.1) is 0 Å². The highest BCUT2D eigenvalue weighted by molar-refractivity contribution is 6.35. The Hall–Kier alpha value is -0.730. The Bertz CT molecular complexity index is 316. The fourth-order valence-corrected chi connectivity index (χ4v) is 1.50. The van der Waals surface area contributed by atoms with Gasteiger partial charge in [-0.1, -0.05) is 29.3 Å². The molecule has 1 amide bonds. The molecule has 1 aliphatic carbocycles. The van der Waals surface area contributed by atoms with Crippen LogP contribution in [-0.4, -0.2) is 13.0 Å². The quantitative estimate of drug-likeness (QED) is 0.718. The summed E-state index contributed by atoms with van der Waals surface area (Å²) in [4.78, 5) is 11.2. The van der Waals surface area contributed by atoms with E-state index in [1.807, 2.05) is 0 Å². The SMILES string of the molecule is CNC(=O)C1=CC=C(Cl)C=C(Cl)C1. The van der Waals surface area contributed by atoms with E-state index in [-0.39, 0.29) is 5.91 Å². The number of hydrogen-bond acceptors (Lipinski definition) is 1. The molecule has 0 atom stereocenters. The third-order valence-electron chi connectivity index (χ3n) is 1.62. The summed E-state index contributed by atoms with van der Waals surface area (Å²) in [7, 11) is 1.58. The van der Waals surface area contributed by atoms with Crippen LogP contribution in [0.2, 0.25) is 0 Å². The smallest absolute Gasteiger partial charge is 0.247 e. The summed E-state index contributed by atoms with van der Waals surface area (Å²) in [5.41, 5.74) is 0.611. The molecule has 0 saturated heterocycles. The molecule has 13 heavy (non-hydrogen) atoms. The van der Waals surface area contributed by atoms with E-state index < -0.39 is 0 Å². The molecule has 0 radical (unpaired) electrons. The summed E-state index contributed by atoms with van der Waals surface area (Å²) >= 11 is 11.6. The largest absolute Gasteiger partial charge is 0.355 e. The highest BCUT2D eigenvalue weighted by Gasteiger charge is 2.10. The van der Waals surface area contributed by atoms with Gasteiger partial charge in [-0.25, -0.2) is 0 Å². The van der Waals surface area contributed by atoms with Crippen LogP contribution in [0.5, 0.6) is 0 Å². The van der Waals surface area contributed by atoms with Crippen LogP contribution < -0.4 is 5.32 Å². The lowest BCUT2D eigenvalue weighted by molar-refractivity contribution is -0.117. The lowest BCUT2D eigenvalue weighted by Crippen LogP contribution is -2.19. The molecule has 1 rings (SSSR count). The Balaban J connectivity index is 2.91. The molecule has 0 unspecified atom stereocenters. The topological polar surface area (TPSA) is 29.1 Å². The first-order chi connectivity index (χ1) is 6.13. The van der Waals surface area contributed by atoms with Crippen LogP contribution >= 0.6 is 23.2 Å². The number of hydrogen-bond donors (Lipinski definition) is 1. The number of amides is 1. The summed E-state index contributed by atoms with van der Waals surface area (Å²) in [5, 5.41) is 3.63. The van der Waals surface area contributed by atoms with E-state index in [0.717, 1.165) is 0 Å². The zero-order valence-corrected chi connectivity index (χ0v) is 8.62. The number of likely N-dealkylation sites (N-methyl/N-ethyl adjacent to an activating group) is 1. The molecule has 0 bridgehead atoms. The molecular formula is C9H9Cl2NO. The van der Waals surface area contributed by atoms with Crippen molar-refractivity contribution in [2.75, 3.05) is 7.05 Å². The first-order valence-corrected chi connectivity index (χ1v) is 4.53. The molecule has 0 aromatic rings. The fourth-order valence-electron chi connectivity index (χ4n) is 0.986. The van der Waals surface area contributed by atoms with Gasteiger partial charge in [0.1, 0.15) is 0 Å². The van der Waals surface area contributed by atoms with Gasteiger partial charge in [-0.15, -0.1) is 0 Å². The summed E-state index contributed by atoms with van der Waals surface area (Å²) in [6, 6.07) is 0. The van der Waals surface area contributed by atoms with Gasteiger partial charge in [0.2, 0.25) is 5.91 Å². The average Bonchev–Trinajstić information content (AvgIpc) is 2.25. The first-order valence-electron chi connectivity index (χ1n) is 3.78. The van der Waals surface area contributed by atoms with Crippen LogP contribution in [-0.2, 0) is 4.79 Å². The second-order valence-electron chi connectivity index (χ2n) is 2.59. The summed E-state index contributed by atoms with van der Waals surface area (Å²) in [5.74, 6) is -0.130. The van der Waals surface area contributed by atoms with Crippen molar-refractivity contribution in [2.24, 2.45) is 0 Å². The van der Waals surface area contributed by atoms with Gasteiger partial charge < -0.3 is 5.32 Å². The lowest BCUT2D eigenvalue weighted by atomic mass is 10.1. The van der Waals surface area contributed by atoms with E-state index in [4.69, 9.17) is 23.2 Å². The van der Waals surface area contributed by atoms with Crippen molar-refractivity contribution >= 4 is 29.1 Å². The van der Waals surface area contributed by atoms with Crippen molar-refractivity contribution in [1.29, 1.82) is 0 Å². The predicted octanol–water partition coefficient (Wildman–Crippen LogP) is 2.31. The second-order valence-corrected chi connectivity index (χ2v) is 3.51. The third kappa shape index (κ3) is 2.90. The molecule has 0 spiro atoms. The minimum Gasteiger partial charge on any atom is -0.355 e. The Morgan fingerprint density at radius 2 is 2.15 bits per heavy atom. The van der Waals surface area contributed by atoms with Gasteiger partial charge in [0.15, 0.2) is 0 Å². The highest BCUT2D eigenvalue weighted by Crippen LogP contribution is 2.22. The number of carbonyl (C=O) groups is 1. The molecule has 2 nitrogen and oxygen atoms in total. The standard InChI is InChI=1S/C9H9Cl2NO/c1-12-9(13)6-2-3-7(10)5-8(11)4-6/h2-3,5H,4H2,1H3,(H,12,13). The molecular weight excluding hydrogens is 209 g/mol. The van der Waals surface area contributed by atoms with Crippen LogP contribution in [0.3, 0.4) is 0 Å². The van der Waals surface area contributed by atoms with E-state index in [9.17, 15) is 4.79 Å². The Morgan fingerprint density at radius 1 is 1.46 bits per heavy atom. The van der Waals surface area contributed by atoms with E-state index in [1.54, 1.807) is 25.3 Å². The third-order valence-corrected chi connectivity index (χ3v) is 2.09. The lowest BCUT2D eigenvalue weighted by Gasteiger charge is -2.02. The number of nitrogens with one attached hydrogen (secondary N) is 1. The normalized spacial score (nSPS) is 16.7. The molecule has 0 fully saturated rings. The van der Waals surface area contributed by atoms with Crippen molar-refractivity contribution < 1.29 is 4.79 Å². The van der Waals surface area contributed by atoms with Crippen LogP contribution in [0, 0.1) is 0 Å². The van der Waals surface area contributed by atoms with Gasteiger partial charge >= 0.3 is 0 Å². The molecule has 4 heteroatoms. The molecule has 1 aliphatic rings. The highest BCUT2D eigenvalue weighted by atomic mass is 35.5. The number of carbonyl (C=O) groups excluding carboxylic acids is 1. The average molecular weight is 218 g/mol. The van der Waals surface area contributed by atoms with Crippen molar-refractivity contribution in [2.45, 2.75) is 6.42 Å². The maximum Gasteiger partial charge on any atom is 0.247 e. The molecule has 0 saturated carbocycles. The molecule has 0 aliphatic heterocycles. The molecule has 0 aromatic heterocycles. The number of allylic oxidation sites excluding steroid dienone is 5. The Morgan fingerprint density at radius 3 is 2.77 bits per heavy atom. The molecule has 70 valence electrons. The van der Waals surface area contributed by atoms with Crippen LogP contribution in [0.4, 0.5) is 0 Å². The minimum atomic E-state index is -0.130. The van der Waals surface area contributed by atoms with Crippen LogP contribution in [0.15, 0.2) is 33.9 Å². The van der Waals surface area contributed by atoms with E-state index in [1.165, 1.54) is 0 Å². The Labute approximate surface area is 86.9 Å². The molecule has 0 aromatic carbocycles. The summed E-state index contributed by atoms with van der Waals surface area (Å²) in [6.07, 6.45) is 5.39. The van der Waals surface area contributed by atoms with E-state index in [2.05, 4.69) is 5.32 Å². The van der Waals surface area contributed by atoms with Crippen molar-refractivity contribution in [1.82, 2.24) is 5.32 Å². The van der Waals surface area contributed by atoms with E-state index >= 15 is 0 Å². The fraction of sp³-hybridized carbons (Fsp3) is 0.222. The minimum absolute atomic E-state index is 0.130. The zero-order valence-electron chi connectivity index (χ0n) is 7.10. The molecule has 0 heterocycles. The Kier molecular flexibility index (Phi) is 3.58. The van der Waals surface area contributed by atoms with Crippen molar-refractivity contribution in [3.05, 3.63) is 33.9 Å². The number of halogens is 2. The maximum atomic E-state index is 11.2. The van der Waals surface area contributed by atoms with Crippen LogP contribution in [0.25, 0.3) is 0 Å². The van der Waals surface area contributed by atoms with Gasteiger partial charge in [0.25, 0.3) is 0 Å². The summed E-state index contributed by atoms with van der Waals surface area (Å²) < 4.78 is 0.